The topological polar surface area (TPSA) is 96.2 Å². The van der Waals surface area contributed by atoms with Gasteiger partial charge in [0.2, 0.25) is 0 Å². The summed E-state index contributed by atoms with van der Waals surface area (Å²) in [6.45, 7) is 0.528. The van der Waals surface area contributed by atoms with E-state index < -0.39 is 4.92 Å². The number of nitrogens with one attached hydrogen (secondary N) is 1. The number of hydrogen-bond acceptors (Lipinski definition) is 5. The molecule has 0 saturated carbocycles. The van der Waals surface area contributed by atoms with Crippen molar-refractivity contribution < 1.29 is 4.92 Å². The minimum atomic E-state index is -0.411. The maximum atomic E-state index is 10.6. The number of nitro benzene ring substituents is 1. The second kappa shape index (κ2) is 9.14. The molecule has 2 aromatic carbocycles. The number of rotatable bonds is 7. The molecule has 0 saturated heterocycles. The first-order valence-corrected chi connectivity index (χ1v) is 9.07. The van der Waals surface area contributed by atoms with Crippen LogP contribution in [0.1, 0.15) is 11.1 Å². The van der Waals surface area contributed by atoms with Crippen LogP contribution in [-0.2, 0) is 5.75 Å². The molecule has 25 heavy (non-hydrogen) atoms. The van der Waals surface area contributed by atoms with E-state index in [0.717, 1.165) is 22.6 Å². The van der Waals surface area contributed by atoms with E-state index in [1.165, 1.54) is 12.1 Å². The molecule has 0 aliphatic heterocycles. The Morgan fingerprint density at radius 1 is 1.20 bits per heavy atom. The van der Waals surface area contributed by atoms with Crippen molar-refractivity contribution in [3.8, 4) is 0 Å². The molecule has 0 aromatic heterocycles. The molecule has 0 amide bonds. The van der Waals surface area contributed by atoms with Crippen LogP contribution in [0, 0.1) is 15.5 Å². The zero-order chi connectivity index (χ0) is 18.2. The molecular formula is C17H18N4O2S2. The van der Waals surface area contributed by atoms with Gasteiger partial charge in [-0.2, -0.15) is 11.8 Å². The number of nitrogens with zero attached hydrogens (tertiary/aromatic N) is 2. The van der Waals surface area contributed by atoms with Gasteiger partial charge in [0.05, 0.1) is 4.92 Å². The van der Waals surface area contributed by atoms with Crippen molar-refractivity contribution in [2.24, 2.45) is 5.73 Å². The molecule has 3 N–H and O–H groups in total. The number of benzene rings is 2. The molecule has 8 heteroatoms. The number of non-ortho nitro benzene ring substituents is 1. The summed E-state index contributed by atoms with van der Waals surface area (Å²) in [6.07, 6.45) is 0. The molecule has 0 radical (unpaired) electrons. The molecule has 130 valence electrons. The molecule has 2 rings (SSSR count). The maximum absolute atomic E-state index is 10.6. The van der Waals surface area contributed by atoms with E-state index in [-0.39, 0.29) is 16.6 Å². The van der Waals surface area contributed by atoms with Crippen LogP contribution in [0.5, 0.6) is 0 Å². The van der Waals surface area contributed by atoms with Gasteiger partial charge < -0.3 is 10.6 Å². The first-order chi connectivity index (χ1) is 12.0. The quantitative estimate of drug-likeness (QED) is 0.193. The molecule has 0 heterocycles. The third-order valence-electron chi connectivity index (χ3n) is 3.46. The maximum Gasteiger partial charge on any atom is 0.269 e. The van der Waals surface area contributed by atoms with E-state index in [9.17, 15) is 10.1 Å². The Balaban J connectivity index is 1.86. The summed E-state index contributed by atoms with van der Waals surface area (Å²) in [5, 5.41) is 19.1. The zero-order valence-corrected chi connectivity index (χ0v) is 15.1. The highest BCUT2D eigenvalue weighted by Gasteiger charge is 2.14. The normalized spacial score (nSPS) is 10.2. The van der Waals surface area contributed by atoms with Crippen molar-refractivity contribution in [3.63, 3.8) is 0 Å². The van der Waals surface area contributed by atoms with E-state index in [4.69, 9.17) is 23.4 Å². The van der Waals surface area contributed by atoms with Crippen LogP contribution in [0.2, 0.25) is 0 Å². The molecular weight excluding hydrogens is 356 g/mol. The largest absolute Gasteiger partial charge is 0.376 e. The minimum Gasteiger partial charge on any atom is -0.376 e. The van der Waals surface area contributed by atoms with Gasteiger partial charge in [0.1, 0.15) is 5.84 Å². The third-order valence-corrected chi connectivity index (χ3v) is 4.69. The number of thioether (sulfide) groups is 1. The van der Waals surface area contributed by atoms with E-state index in [1.54, 1.807) is 28.8 Å². The van der Waals surface area contributed by atoms with Gasteiger partial charge in [-0.25, -0.2) is 0 Å². The van der Waals surface area contributed by atoms with Crippen LogP contribution in [0.4, 0.5) is 5.69 Å². The van der Waals surface area contributed by atoms with Gasteiger partial charge in [-0.3, -0.25) is 15.5 Å². The van der Waals surface area contributed by atoms with Gasteiger partial charge in [0.25, 0.3) is 5.69 Å². The standard InChI is InChI=1S/C17H18N4O2S2/c18-16(14-4-2-1-3-5-14)20(17(19)24)10-11-25-12-13-6-8-15(9-7-13)21(22)23/h1-9,18H,10-12H2,(H2,19,24). The van der Waals surface area contributed by atoms with Crippen LogP contribution >= 0.6 is 24.0 Å². The fourth-order valence-electron chi connectivity index (χ4n) is 2.14. The van der Waals surface area contributed by atoms with Crippen LogP contribution in [0.3, 0.4) is 0 Å². The second-order valence-corrected chi connectivity index (χ2v) is 6.70. The molecule has 0 aliphatic carbocycles. The fourth-order valence-corrected chi connectivity index (χ4v) is 3.21. The smallest absolute Gasteiger partial charge is 0.269 e. The third kappa shape index (κ3) is 5.54. The molecule has 0 fully saturated rings. The van der Waals surface area contributed by atoms with E-state index in [2.05, 4.69) is 0 Å². The zero-order valence-electron chi connectivity index (χ0n) is 13.4. The highest BCUT2D eigenvalue weighted by atomic mass is 32.2. The van der Waals surface area contributed by atoms with Gasteiger partial charge >= 0.3 is 0 Å². The van der Waals surface area contributed by atoms with Crippen molar-refractivity contribution in [1.82, 2.24) is 4.90 Å². The van der Waals surface area contributed by atoms with Crippen molar-refractivity contribution in [2.45, 2.75) is 5.75 Å². The number of thiocarbonyl (C=S) groups is 1. The number of amidine groups is 1. The lowest BCUT2D eigenvalue weighted by Gasteiger charge is -2.23. The van der Waals surface area contributed by atoms with Gasteiger partial charge in [-0.1, -0.05) is 42.5 Å². The lowest BCUT2D eigenvalue weighted by molar-refractivity contribution is -0.384. The predicted octanol–water partition coefficient (Wildman–Crippen LogP) is 3.40. The Labute approximate surface area is 155 Å². The summed E-state index contributed by atoms with van der Waals surface area (Å²) < 4.78 is 0. The molecule has 6 nitrogen and oxygen atoms in total. The van der Waals surface area contributed by atoms with Gasteiger partial charge in [0, 0.05) is 35.7 Å². The van der Waals surface area contributed by atoms with E-state index >= 15 is 0 Å². The van der Waals surface area contributed by atoms with Crippen molar-refractivity contribution >= 4 is 40.6 Å². The van der Waals surface area contributed by atoms with Crippen molar-refractivity contribution in [2.75, 3.05) is 12.3 Å². The molecule has 0 bridgehead atoms. The van der Waals surface area contributed by atoms with Gasteiger partial charge in [-0.05, 0) is 17.8 Å². The minimum absolute atomic E-state index is 0.0877. The van der Waals surface area contributed by atoms with Crippen LogP contribution < -0.4 is 5.73 Å². The molecule has 0 aliphatic rings. The first-order valence-electron chi connectivity index (χ1n) is 7.51. The fraction of sp³-hybridized carbons (Fsp3) is 0.176. The lowest BCUT2D eigenvalue weighted by Crippen LogP contribution is -2.41. The van der Waals surface area contributed by atoms with Crippen LogP contribution in [0.15, 0.2) is 54.6 Å². The number of nitro groups is 1. The lowest BCUT2D eigenvalue weighted by atomic mass is 10.2. The average molecular weight is 374 g/mol. The van der Waals surface area contributed by atoms with E-state index in [0.29, 0.717) is 6.54 Å². The SMILES string of the molecule is N=C(c1ccccc1)N(CCSCc1ccc([N+](=O)[O-])cc1)C(N)=S. The summed E-state index contributed by atoms with van der Waals surface area (Å²) >= 11 is 6.72. The summed E-state index contributed by atoms with van der Waals surface area (Å²) in [5.41, 5.74) is 7.61. The molecule has 2 aromatic rings. The van der Waals surface area contributed by atoms with Crippen molar-refractivity contribution in [1.29, 1.82) is 5.41 Å². The molecule has 0 spiro atoms. The Morgan fingerprint density at radius 3 is 2.40 bits per heavy atom. The number of nitrogens with two attached hydrogens (primary N) is 1. The van der Waals surface area contributed by atoms with E-state index in [1.807, 2.05) is 30.3 Å². The van der Waals surface area contributed by atoms with Crippen LogP contribution in [0.25, 0.3) is 0 Å². The molecule has 0 atom stereocenters. The highest BCUT2D eigenvalue weighted by Crippen LogP contribution is 2.17. The summed E-state index contributed by atoms with van der Waals surface area (Å²) in [7, 11) is 0. The summed E-state index contributed by atoms with van der Waals surface area (Å²) in [5.74, 6) is 1.73. The summed E-state index contributed by atoms with van der Waals surface area (Å²) in [4.78, 5) is 11.8. The molecule has 0 unspecified atom stereocenters. The Hall–Kier alpha value is -2.45. The van der Waals surface area contributed by atoms with Gasteiger partial charge in [-0.15, -0.1) is 0 Å². The highest BCUT2D eigenvalue weighted by molar-refractivity contribution is 7.98. The number of hydrogen-bond donors (Lipinski definition) is 2. The monoisotopic (exact) mass is 374 g/mol. The average Bonchev–Trinajstić information content (AvgIpc) is 2.62. The summed E-state index contributed by atoms with van der Waals surface area (Å²) in [6, 6.07) is 15.8. The Morgan fingerprint density at radius 2 is 1.84 bits per heavy atom. The first kappa shape index (κ1) is 18.9. The predicted molar refractivity (Wildman–Crippen MR) is 106 cm³/mol. The van der Waals surface area contributed by atoms with Gasteiger partial charge in [0.15, 0.2) is 5.11 Å². The Bertz CT molecular complexity index is 751. The Kier molecular flexibility index (Phi) is 6.91. The second-order valence-electron chi connectivity index (χ2n) is 5.18. The van der Waals surface area contributed by atoms with Crippen LogP contribution in [-0.4, -0.2) is 33.1 Å². The van der Waals surface area contributed by atoms with Crippen molar-refractivity contribution in [3.05, 3.63) is 75.8 Å².